The zero-order valence-electron chi connectivity index (χ0n) is 13.5. The Kier molecular flexibility index (Phi) is 3.77. The number of carbonyl (C=O) groups is 1. The normalized spacial score (nSPS) is 10.8. The number of benzene rings is 1. The first-order chi connectivity index (χ1) is 11.5. The molecule has 0 fully saturated rings. The van der Waals surface area contributed by atoms with Crippen molar-refractivity contribution in [3.8, 4) is 5.75 Å². The monoisotopic (exact) mass is 322 g/mol. The van der Waals surface area contributed by atoms with Crippen molar-refractivity contribution in [2.45, 2.75) is 6.92 Å². The first-order valence-electron chi connectivity index (χ1n) is 7.41. The Morgan fingerprint density at radius 3 is 2.71 bits per heavy atom. The zero-order valence-corrected chi connectivity index (χ0v) is 13.5. The lowest BCUT2D eigenvalue weighted by molar-refractivity contribution is 0.103. The number of ether oxygens (including phenoxy) is 1. The van der Waals surface area contributed by atoms with E-state index in [1.165, 1.54) is 0 Å². The summed E-state index contributed by atoms with van der Waals surface area (Å²) in [5.41, 5.74) is 9.06. The minimum absolute atomic E-state index is 0.170. The molecule has 5 nitrogen and oxygen atoms in total. The van der Waals surface area contributed by atoms with E-state index in [2.05, 4.69) is 6.58 Å². The molecular weight excluding hydrogens is 304 g/mol. The lowest BCUT2D eigenvalue weighted by Crippen LogP contribution is -2.08. The van der Waals surface area contributed by atoms with E-state index < -0.39 is 0 Å². The highest BCUT2D eigenvalue weighted by atomic mass is 16.5. The molecule has 3 aromatic rings. The Labute approximate surface area is 139 Å². The van der Waals surface area contributed by atoms with Gasteiger partial charge in [-0.05, 0) is 37.3 Å². The first-order valence-corrected chi connectivity index (χ1v) is 7.41. The van der Waals surface area contributed by atoms with Gasteiger partial charge in [0, 0.05) is 28.6 Å². The van der Waals surface area contributed by atoms with Gasteiger partial charge in [0.15, 0.2) is 0 Å². The number of carbonyl (C=O) groups excluding carboxylic acids is 1. The number of rotatable bonds is 4. The topological polar surface area (TPSA) is 77.0 Å². The average Bonchev–Trinajstić information content (AvgIpc) is 2.85. The molecule has 122 valence electrons. The van der Waals surface area contributed by atoms with Crippen LogP contribution < -0.4 is 10.5 Å². The van der Waals surface area contributed by atoms with E-state index in [0.29, 0.717) is 28.3 Å². The number of aliphatic hydroxyl groups excluding tert-OH is 1. The molecule has 3 rings (SSSR count). The molecule has 2 aromatic heterocycles. The van der Waals surface area contributed by atoms with Gasteiger partial charge in [-0.3, -0.25) is 4.79 Å². The second-order valence-corrected chi connectivity index (χ2v) is 5.54. The molecule has 0 aliphatic heterocycles. The predicted molar refractivity (Wildman–Crippen MR) is 94.6 cm³/mol. The smallest absolute Gasteiger partial charge is 0.210 e. The Balaban J connectivity index is 2.22. The van der Waals surface area contributed by atoms with Crippen molar-refractivity contribution >= 4 is 22.7 Å². The number of pyridine rings is 1. The third-order valence-corrected chi connectivity index (χ3v) is 4.07. The fraction of sp³-hybridized carbons (Fsp3) is 0.105. The van der Waals surface area contributed by atoms with Crippen molar-refractivity contribution < 1.29 is 14.6 Å². The molecule has 0 aliphatic rings. The van der Waals surface area contributed by atoms with Gasteiger partial charge in [0.25, 0.3) is 0 Å². The van der Waals surface area contributed by atoms with Crippen LogP contribution in [-0.2, 0) is 0 Å². The number of fused-ring (bicyclic) bond motifs is 1. The number of hydrogen-bond donors (Lipinski definition) is 2. The Morgan fingerprint density at radius 2 is 2.04 bits per heavy atom. The summed E-state index contributed by atoms with van der Waals surface area (Å²) >= 11 is 0. The minimum Gasteiger partial charge on any atom is -0.508 e. The van der Waals surface area contributed by atoms with Gasteiger partial charge in [-0.15, -0.1) is 0 Å². The van der Waals surface area contributed by atoms with Gasteiger partial charge >= 0.3 is 0 Å². The SMILES string of the molecule is C=C(O)c1cc(C(=O)c2c(C)c(OC)c3ccccn23)ccc1N. The summed E-state index contributed by atoms with van der Waals surface area (Å²) in [4.78, 5) is 13.1. The molecule has 0 radical (unpaired) electrons. The number of nitrogens with two attached hydrogens (primary N) is 1. The summed E-state index contributed by atoms with van der Waals surface area (Å²) in [7, 11) is 1.58. The maximum absolute atomic E-state index is 13.1. The molecule has 24 heavy (non-hydrogen) atoms. The number of anilines is 1. The molecule has 1 aromatic carbocycles. The van der Waals surface area contributed by atoms with E-state index in [1.807, 2.05) is 31.3 Å². The van der Waals surface area contributed by atoms with Crippen LogP contribution >= 0.6 is 0 Å². The van der Waals surface area contributed by atoms with E-state index in [4.69, 9.17) is 10.5 Å². The quantitative estimate of drug-likeness (QED) is 0.437. The standard InChI is InChI=1S/C19H18N2O3/c1-11-17(21-9-5-4-6-16(21)19(11)24-3)18(23)13-7-8-15(20)14(10-13)12(2)22/h4-10,22H,2,20H2,1,3H3. The maximum Gasteiger partial charge on any atom is 0.210 e. The maximum atomic E-state index is 13.1. The lowest BCUT2D eigenvalue weighted by Gasteiger charge is -2.08. The highest BCUT2D eigenvalue weighted by Gasteiger charge is 2.22. The number of aliphatic hydroxyl groups is 1. The first kappa shape index (κ1) is 15.7. The zero-order chi connectivity index (χ0) is 17.4. The predicted octanol–water partition coefficient (Wildman–Crippen LogP) is 3.60. The molecule has 0 unspecified atom stereocenters. The van der Waals surface area contributed by atoms with E-state index in [9.17, 15) is 9.90 Å². The van der Waals surface area contributed by atoms with E-state index in [0.717, 1.165) is 11.1 Å². The van der Waals surface area contributed by atoms with Crippen LogP contribution in [0.5, 0.6) is 5.75 Å². The number of aromatic nitrogens is 1. The van der Waals surface area contributed by atoms with Crippen LogP contribution in [0.1, 0.15) is 27.2 Å². The van der Waals surface area contributed by atoms with Crippen LogP contribution in [0, 0.1) is 6.92 Å². The molecule has 2 heterocycles. The summed E-state index contributed by atoms with van der Waals surface area (Å²) in [5.74, 6) is 0.317. The summed E-state index contributed by atoms with van der Waals surface area (Å²) in [5, 5.41) is 9.64. The third-order valence-electron chi connectivity index (χ3n) is 4.07. The van der Waals surface area contributed by atoms with Gasteiger partial charge in [0.1, 0.15) is 17.2 Å². The van der Waals surface area contributed by atoms with Crippen molar-refractivity contribution in [2.75, 3.05) is 12.8 Å². The number of methoxy groups -OCH3 is 1. The van der Waals surface area contributed by atoms with Crippen LogP contribution in [0.4, 0.5) is 5.69 Å². The van der Waals surface area contributed by atoms with Crippen molar-refractivity contribution in [1.29, 1.82) is 0 Å². The highest BCUT2D eigenvalue weighted by molar-refractivity contribution is 6.11. The second-order valence-electron chi connectivity index (χ2n) is 5.54. The van der Waals surface area contributed by atoms with Gasteiger partial charge in [0.05, 0.1) is 12.6 Å². The Morgan fingerprint density at radius 1 is 1.29 bits per heavy atom. The molecule has 0 atom stereocenters. The van der Waals surface area contributed by atoms with Crippen LogP contribution in [-0.4, -0.2) is 22.4 Å². The lowest BCUT2D eigenvalue weighted by atomic mass is 10.0. The molecule has 3 N–H and O–H groups in total. The van der Waals surface area contributed by atoms with Gasteiger partial charge in [-0.2, -0.15) is 0 Å². The number of hydrogen-bond acceptors (Lipinski definition) is 4. The molecule has 0 spiro atoms. The van der Waals surface area contributed by atoms with Crippen molar-refractivity contribution in [1.82, 2.24) is 4.40 Å². The number of nitrogens with zero attached hydrogens (tertiary/aromatic N) is 1. The van der Waals surface area contributed by atoms with Crippen molar-refractivity contribution in [2.24, 2.45) is 0 Å². The van der Waals surface area contributed by atoms with Crippen molar-refractivity contribution in [3.63, 3.8) is 0 Å². The highest BCUT2D eigenvalue weighted by Crippen LogP contribution is 2.32. The van der Waals surface area contributed by atoms with E-state index in [1.54, 1.807) is 29.7 Å². The minimum atomic E-state index is -0.181. The van der Waals surface area contributed by atoms with E-state index >= 15 is 0 Å². The molecule has 0 saturated carbocycles. The van der Waals surface area contributed by atoms with Crippen LogP contribution in [0.2, 0.25) is 0 Å². The molecule has 0 saturated heterocycles. The summed E-state index contributed by atoms with van der Waals surface area (Å²) in [6.07, 6.45) is 1.82. The largest absolute Gasteiger partial charge is 0.508 e. The Bertz CT molecular complexity index is 970. The Hall–Kier alpha value is -3.21. The van der Waals surface area contributed by atoms with Crippen LogP contribution in [0.3, 0.4) is 0 Å². The van der Waals surface area contributed by atoms with Gasteiger partial charge in [0.2, 0.25) is 5.78 Å². The van der Waals surface area contributed by atoms with Crippen molar-refractivity contribution in [3.05, 3.63) is 71.6 Å². The van der Waals surface area contributed by atoms with Gasteiger partial charge in [-0.1, -0.05) is 12.6 Å². The molecule has 0 aliphatic carbocycles. The van der Waals surface area contributed by atoms with Crippen LogP contribution in [0.25, 0.3) is 11.3 Å². The number of nitrogen functional groups attached to an aromatic ring is 1. The summed E-state index contributed by atoms with van der Waals surface area (Å²) < 4.78 is 7.26. The van der Waals surface area contributed by atoms with Gasteiger partial charge < -0.3 is 20.0 Å². The fourth-order valence-electron chi connectivity index (χ4n) is 2.92. The second kappa shape index (κ2) is 5.77. The molecular formula is C19H18N2O3. The van der Waals surface area contributed by atoms with Crippen LogP contribution in [0.15, 0.2) is 49.2 Å². The third kappa shape index (κ3) is 2.31. The molecule has 0 bridgehead atoms. The fourth-order valence-corrected chi connectivity index (χ4v) is 2.92. The molecule has 5 heteroatoms. The molecule has 0 amide bonds. The van der Waals surface area contributed by atoms with Gasteiger partial charge in [-0.25, -0.2) is 0 Å². The average molecular weight is 322 g/mol. The number of ketones is 1. The van der Waals surface area contributed by atoms with E-state index in [-0.39, 0.29) is 11.5 Å². The summed E-state index contributed by atoms with van der Waals surface area (Å²) in [6, 6.07) is 10.4. The summed E-state index contributed by atoms with van der Waals surface area (Å²) in [6.45, 7) is 5.33.